The standard InChI is InChI=1S/C21H18F4N2O/c1-20(12-21(23,24)25,11-13-6-3-2-4-7-13)18-15(19(26)28)10-14-8-5-9-16(22)17(14)27-18/h2-10H,11-12H2,1H3,(H2,26,28). The highest BCUT2D eigenvalue weighted by Crippen LogP contribution is 2.40. The first-order valence-electron chi connectivity index (χ1n) is 8.59. The van der Waals surface area contributed by atoms with Crippen molar-refractivity contribution in [3.8, 4) is 0 Å². The van der Waals surface area contributed by atoms with Gasteiger partial charge < -0.3 is 5.73 Å². The number of primary amides is 1. The molecule has 1 heterocycles. The highest BCUT2D eigenvalue weighted by Gasteiger charge is 2.43. The van der Waals surface area contributed by atoms with E-state index in [2.05, 4.69) is 4.98 Å². The predicted octanol–water partition coefficient (Wildman–Crippen LogP) is 4.93. The quantitative estimate of drug-likeness (QED) is 0.629. The Labute approximate surface area is 159 Å². The fraction of sp³-hybridized carbons (Fsp3) is 0.238. The Morgan fingerprint density at radius 2 is 1.75 bits per heavy atom. The summed E-state index contributed by atoms with van der Waals surface area (Å²) < 4.78 is 54.6. The van der Waals surface area contributed by atoms with Gasteiger partial charge in [-0.3, -0.25) is 4.79 Å². The van der Waals surface area contributed by atoms with Crippen molar-refractivity contribution in [2.45, 2.75) is 31.4 Å². The van der Waals surface area contributed by atoms with Crippen molar-refractivity contribution in [1.82, 2.24) is 4.98 Å². The molecule has 2 N–H and O–H groups in total. The number of carbonyl (C=O) groups is 1. The van der Waals surface area contributed by atoms with Crippen LogP contribution in [0, 0.1) is 5.82 Å². The summed E-state index contributed by atoms with van der Waals surface area (Å²) in [5.74, 6) is -1.58. The Bertz CT molecular complexity index is 1020. The third-order valence-corrected chi connectivity index (χ3v) is 4.66. The Hall–Kier alpha value is -2.96. The highest BCUT2D eigenvalue weighted by atomic mass is 19.4. The van der Waals surface area contributed by atoms with Crippen LogP contribution in [0.3, 0.4) is 0 Å². The normalized spacial score (nSPS) is 14.0. The molecule has 3 nitrogen and oxygen atoms in total. The van der Waals surface area contributed by atoms with Gasteiger partial charge >= 0.3 is 6.18 Å². The molecule has 0 saturated carbocycles. The van der Waals surface area contributed by atoms with Crippen LogP contribution < -0.4 is 5.73 Å². The minimum absolute atomic E-state index is 0.0411. The van der Waals surface area contributed by atoms with E-state index in [1.807, 2.05) is 0 Å². The van der Waals surface area contributed by atoms with E-state index in [0.717, 1.165) is 0 Å². The molecule has 0 radical (unpaired) electrons. The molecule has 3 aromatic rings. The van der Waals surface area contributed by atoms with Crippen molar-refractivity contribution in [2.75, 3.05) is 0 Å². The lowest BCUT2D eigenvalue weighted by molar-refractivity contribution is -0.147. The first kappa shape index (κ1) is 19.8. The van der Waals surface area contributed by atoms with E-state index < -0.39 is 29.7 Å². The molecule has 3 rings (SSSR count). The zero-order valence-corrected chi connectivity index (χ0v) is 15.1. The molecule has 2 aromatic carbocycles. The maximum Gasteiger partial charge on any atom is 0.390 e. The summed E-state index contributed by atoms with van der Waals surface area (Å²) in [6.07, 6.45) is -5.80. The van der Waals surface area contributed by atoms with Gasteiger partial charge in [0.2, 0.25) is 0 Å². The molecule has 1 amide bonds. The second kappa shape index (κ2) is 7.22. The summed E-state index contributed by atoms with van der Waals surface area (Å²) in [4.78, 5) is 16.2. The molecule has 0 bridgehead atoms. The van der Waals surface area contributed by atoms with Crippen LogP contribution in [-0.2, 0) is 11.8 Å². The summed E-state index contributed by atoms with van der Waals surface area (Å²) in [7, 11) is 0. The second-order valence-electron chi connectivity index (χ2n) is 7.08. The van der Waals surface area contributed by atoms with E-state index >= 15 is 0 Å². The molecule has 0 saturated heterocycles. The van der Waals surface area contributed by atoms with Gasteiger partial charge in [-0.2, -0.15) is 13.2 Å². The van der Waals surface area contributed by atoms with Gasteiger partial charge in [0.05, 0.1) is 17.7 Å². The lowest BCUT2D eigenvalue weighted by Crippen LogP contribution is -2.35. The zero-order valence-electron chi connectivity index (χ0n) is 15.1. The third-order valence-electron chi connectivity index (χ3n) is 4.66. The molecule has 1 unspecified atom stereocenters. The number of hydrogen-bond donors (Lipinski definition) is 1. The summed E-state index contributed by atoms with van der Waals surface area (Å²) in [6, 6.07) is 14.0. The number of aromatic nitrogens is 1. The van der Waals surface area contributed by atoms with E-state index in [9.17, 15) is 22.4 Å². The van der Waals surface area contributed by atoms with E-state index in [-0.39, 0.29) is 23.2 Å². The SMILES string of the molecule is CC(Cc1ccccc1)(CC(F)(F)F)c1nc2c(F)cccc2cc1C(N)=O. The molecular formula is C21H18F4N2O. The molecule has 146 valence electrons. The van der Waals surface area contributed by atoms with Crippen LogP contribution in [-0.4, -0.2) is 17.1 Å². The average molecular weight is 390 g/mol. The fourth-order valence-electron chi connectivity index (χ4n) is 3.53. The second-order valence-corrected chi connectivity index (χ2v) is 7.08. The predicted molar refractivity (Wildman–Crippen MR) is 98.4 cm³/mol. The Morgan fingerprint density at radius 3 is 2.36 bits per heavy atom. The lowest BCUT2D eigenvalue weighted by atomic mass is 9.75. The molecule has 1 atom stereocenters. The number of benzene rings is 2. The number of hydrogen-bond acceptors (Lipinski definition) is 2. The van der Waals surface area contributed by atoms with Crippen molar-refractivity contribution < 1.29 is 22.4 Å². The topological polar surface area (TPSA) is 56.0 Å². The van der Waals surface area contributed by atoms with Gasteiger partial charge in [0.15, 0.2) is 0 Å². The van der Waals surface area contributed by atoms with Gasteiger partial charge in [-0.25, -0.2) is 9.37 Å². The van der Waals surface area contributed by atoms with Gasteiger partial charge in [-0.1, -0.05) is 49.4 Å². The molecule has 0 aliphatic rings. The summed E-state index contributed by atoms with van der Waals surface area (Å²) in [5, 5.41) is 0.298. The molecule has 7 heteroatoms. The number of amides is 1. The van der Waals surface area contributed by atoms with Gasteiger partial charge in [-0.15, -0.1) is 0 Å². The number of pyridine rings is 1. The number of alkyl halides is 3. The largest absolute Gasteiger partial charge is 0.390 e. The summed E-state index contributed by atoms with van der Waals surface area (Å²) in [5.41, 5.74) is 4.09. The number of carbonyl (C=O) groups excluding carboxylic acids is 1. The van der Waals surface area contributed by atoms with Gasteiger partial charge in [0.25, 0.3) is 5.91 Å². The molecule has 1 aromatic heterocycles. The smallest absolute Gasteiger partial charge is 0.366 e. The Kier molecular flexibility index (Phi) is 5.10. The first-order valence-corrected chi connectivity index (χ1v) is 8.59. The van der Waals surface area contributed by atoms with Crippen molar-refractivity contribution in [2.24, 2.45) is 5.73 Å². The van der Waals surface area contributed by atoms with Crippen molar-refractivity contribution in [3.05, 3.63) is 77.2 Å². The number of halogens is 4. The first-order chi connectivity index (χ1) is 13.1. The molecule has 28 heavy (non-hydrogen) atoms. The summed E-state index contributed by atoms with van der Waals surface area (Å²) >= 11 is 0. The van der Waals surface area contributed by atoms with Crippen LogP contribution >= 0.6 is 0 Å². The highest BCUT2D eigenvalue weighted by molar-refractivity contribution is 5.98. The van der Waals surface area contributed by atoms with Crippen molar-refractivity contribution in [3.63, 3.8) is 0 Å². The Morgan fingerprint density at radius 1 is 1.07 bits per heavy atom. The zero-order chi connectivity index (χ0) is 20.5. The van der Waals surface area contributed by atoms with Crippen LogP contribution in [0.25, 0.3) is 10.9 Å². The molecule has 0 aliphatic heterocycles. The van der Waals surface area contributed by atoms with E-state index in [0.29, 0.717) is 10.9 Å². The van der Waals surface area contributed by atoms with Crippen molar-refractivity contribution >= 4 is 16.8 Å². The van der Waals surface area contributed by atoms with Crippen LogP contribution in [0.5, 0.6) is 0 Å². The number of nitrogens with zero attached hydrogens (tertiary/aromatic N) is 1. The van der Waals surface area contributed by atoms with Gasteiger partial charge in [0, 0.05) is 10.8 Å². The average Bonchev–Trinajstić information content (AvgIpc) is 2.60. The van der Waals surface area contributed by atoms with Crippen LogP contribution in [0.15, 0.2) is 54.6 Å². The maximum absolute atomic E-state index is 14.3. The maximum atomic E-state index is 14.3. The van der Waals surface area contributed by atoms with E-state index in [4.69, 9.17) is 5.73 Å². The van der Waals surface area contributed by atoms with Crippen molar-refractivity contribution in [1.29, 1.82) is 0 Å². The minimum Gasteiger partial charge on any atom is -0.366 e. The number of para-hydroxylation sites is 1. The van der Waals surface area contributed by atoms with E-state index in [1.165, 1.54) is 31.2 Å². The number of nitrogens with two attached hydrogens (primary N) is 1. The number of rotatable bonds is 5. The van der Waals surface area contributed by atoms with Gasteiger partial charge in [0.1, 0.15) is 11.3 Å². The summed E-state index contributed by atoms with van der Waals surface area (Å²) in [6.45, 7) is 1.37. The van der Waals surface area contributed by atoms with E-state index in [1.54, 1.807) is 30.3 Å². The molecule has 0 spiro atoms. The number of fused-ring (bicyclic) bond motifs is 1. The molecule has 0 aliphatic carbocycles. The van der Waals surface area contributed by atoms with Crippen LogP contribution in [0.2, 0.25) is 0 Å². The molecule has 0 fully saturated rings. The Balaban J connectivity index is 2.26. The lowest BCUT2D eigenvalue weighted by Gasteiger charge is -2.32. The van der Waals surface area contributed by atoms with Crippen LogP contribution in [0.4, 0.5) is 17.6 Å². The molecular weight excluding hydrogens is 372 g/mol. The van der Waals surface area contributed by atoms with Crippen LogP contribution in [0.1, 0.15) is 35.0 Å². The monoisotopic (exact) mass is 390 g/mol. The third kappa shape index (κ3) is 4.13. The minimum atomic E-state index is -4.52. The fourth-order valence-corrected chi connectivity index (χ4v) is 3.53. The van der Waals surface area contributed by atoms with Gasteiger partial charge in [-0.05, 0) is 24.1 Å².